The molecule has 1 rings (SSSR count). The van der Waals surface area contributed by atoms with E-state index in [1.165, 1.54) is 25.7 Å². The van der Waals surface area contributed by atoms with Crippen molar-refractivity contribution in [1.29, 1.82) is 0 Å². The molecule has 1 fully saturated rings. The Morgan fingerprint density at radius 2 is 1.90 bits per heavy atom. The molecule has 0 aromatic heterocycles. The second-order valence-electron chi connectivity index (χ2n) is 3.03. The zero-order valence-corrected chi connectivity index (χ0v) is 7.29. The predicted octanol–water partition coefficient (Wildman–Crippen LogP) is 1.45. The van der Waals surface area contributed by atoms with E-state index in [0.717, 1.165) is 5.92 Å². The van der Waals surface area contributed by atoms with Gasteiger partial charge in [0.05, 0.1) is 0 Å². The summed E-state index contributed by atoms with van der Waals surface area (Å²) in [7, 11) is 0. The summed E-state index contributed by atoms with van der Waals surface area (Å²) in [5.74, 6) is 6.12. The normalized spacial score (nSPS) is 33.0. The first-order chi connectivity index (χ1) is 4.34. The molecule has 10 heavy (non-hydrogen) atoms. The van der Waals surface area contributed by atoms with Gasteiger partial charge < -0.3 is 0 Å². The van der Waals surface area contributed by atoms with Crippen LogP contribution in [0.4, 0.5) is 0 Å². The van der Waals surface area contributed by atoms with Crippen molar-refractivity contribution < 1.29 is 0 Å². The summed E-state index contributed by atoms with van der Waals surface area (Å²) in [4.78, 5) is 0. The Kier molecular flexibility index (Phi) is 5.04. The van der Waals surface area contributed by atoms with E-state index < -0.39 is 0 Å². The molecule has 0 aliphatic heterocycles. The average Bonchev–Trinajstić information content (AvgIpc) is 1.89. The number of halogens is 1. The fraction of sp³-hybridized carbons (Fsp3) is 1.00. The standard InChI is InChI=1S/C7H16N2.ClH/c1-6-4-2-3-5-7(6)9-8;/h6-7,9H,2-5,8H2,1H3;1H/t6-,7+;/m1./s1. The molecule has 0 bridgehead atoms. The van der Waals surface area contributed by atoms with E-state index in [0.29, 0.717) is 6.04 Å². The highest BCUT2D eigenvalue weighted by molar-refractivity contribution is 5.85. The van der Waals surface area contributed by atoms with Crippen molar-refractivity contribution in [1.82, 2.24) is 5.43 Å². The van der Waals surface area contributed by atoms with Crippen LogP contribution in [-0.2, 0) is 0 Å². The third kappa shape index (κ3) is 2.45. The fourth-order valence-electron chi connectivity index (χ4n) is 1.56. The van der Waals surface area contributed by atoms with E-state index in [9.17, 15) is 0 Å². The van der Waals surface area contributed by atoms with Gasteiger partial charge in [-0.3, -0.25) is 11.3 Å². The molecule has 0 saturated heterocycles. The molecule has 0 aromatic rings. The maximum absolute atomic E-state index is 5.34. The van der Waals surface area contributed by atoms with Crippen LogP contribution in [0.25, 0.3) is 0 Å². The predicted molar refractivity (Wildman–Crippen MR) is 46.0 cm³/mol. The second kappa shape index (κ2) is 4.94. The number of hydrogen-bond acceptors (Lipinski definition) is 2. The van der Waals surface area contributed by atoms with Crippen molar-refractivity contribution in [2.75, 3.05) is 0 Å². The van der Waals surface area contributed by atoms with Crippen LogP contribution in [0.15, 0.2) is 0 Å². The summed E-state index contributed by atoms with van der Waals surface area (Å²) in [5, 5.41) is 0. The lowest BCUT2D eigenvalue weighted by molar-refractivity contribution is 0.284. The minimum absolute atomic E-state index is 0. The van der Waals surface area contributed by atoms with Gasteiger partial charge in [0.25, 0.3) is 0 Å². The molecule has 0 unspecified atom stereocenters. The lowest BCUT2D eigenvalue weighted by atomic mass is 9.86. The molecule has 62 valence electrons. The van der Waals surface area contributed by atoms with E-state index in [-0.39, 0.29) is 12.4 Å². The summed E-state index contributed by atoms with van der Waals surface area (Å²) in [5.41, 5.74) is 2.85. The first kappa shape index (κ1) is 10.2. The van der Waals surface area contributed by atoms with Gasteiger partial charge in [-0.25, -0.2) is 0 Å². The Hall–Kier alpha value is 0.210. The number of hydrazine groups is 1. The zero-order valence-electron chi connectivity index (χ0n) is 6.47. The minimum atomic E-state index is 0. The monoisotopic (exact) mass is 164 g/mol. The topological polar surface area (TPSA) is 38.0 Å². The quantitative estimate of drug-likeness (QED) is 0.455. The second-order valence-corrected chi connectivity index (χ2v) is 3.03. The molecule has 1 aliphatic carbocycles. The van der Waals surface area contributed by atoms with Gasteiger partial charge in [-0.15, -0.1) is 12.4 Å². The summed E-state index contributed by atoms with van der Waals surface area (Å²) in [6, 6.07) is 0.582. The molecule has 1 saturated carbocycles. The summed E-state index contributed by atoms with van der Waals surface area (Å²) < 4.78 is 0. The summed E-state index contributed by atoms with van der Waals surface area (Å²) in [6.07, 6.45) is 5.34. The van der Waals surface area contributed by atoms with Crippen LogP contribution in [-0.4, -0.2) is 6.04 Å². The van der Waals surface area contributed by atoms with E-state index in [1.54, 1.807) is 0 Å². The molecule has 3 N–H and O–H groups in total. The Labute approximate surface area is 68.9 Å². The van der Waals surface area contributed by atoms with Crippen LogP contribution < -0.4 is 11.3 Å². The lowest BCUT2D eigenvalue weighted by Crippen LogP contribution is -2.41. The molecule has 0 amide bonds. The highest BCUT2D eigenvalue weighted by atomic mass is 35.5. The Balaban J connectivity index is 0.000000810. The fourth-order valence-corrected chi connectivity index (χ4v) is 1.56. The Bertz CT molecular complexity index is 87.7. The maximum Gasteiger partial charge on any atom is 0.0236 e. The van der Waals surface area contributed by atoms with Crippen molar-refractivity contribution in [3.05, 3.63) is 0 Å². The van der Waals surface area contributed by atoms with Gasteiger partial charge in [0, 0.05) is 6.04 Å². The van der Waals surface area contributed by atoms with Crippen LogP contribution in [0, 0.1) is 5.92 Å². The van der Waals surface area contributed by atoms with Gasteiger partial charge in [-0.1, -0.05) is 19.8 Å². The molecule has 0 aromatic carbocycles. The molecule has 3 heteroatoms. The zero-order chi connectivity index (χ0) is 6.69. The van der Waals surface area contributed by atoms with Gasteiger partial charge in [-0.05, 0) is 18.8 Å². The Morgan fingerprint density at radius 1 is 1.30 bits per heavy atom. The first-order valence-electron chi connectivity index (χ1n) is 3.80. The number of nitrogens with one attached hydrogen (secondary N) is 1. The molecular weight excluding hydrogens is 148 g/mol. The van der Waals surface area contributed by atoms with E-state index in [1.807, 2.05) is 0 Å². The van der Waals surface area contributed by atoms with Gasteiger partial charge in [0.1, 0.15) is 0 Å². The van der Waals surface area contributed by atoms with Crippen molar-refractivity contribution in [3.8, 4) is 0 Å². The molecule has 0 heterocycles. The van der Waals surface area contributed by atoms with Crippen molar-refractivity contribution in [2.24, 2.45) is 11.8 Å². The Morgan fingerprint density at radius 3 is 2.30 bits per heavy atom. The van der Waals surface area contributed by atoms with Crippen LogP contribution >= 0.6 is 12.4 Å². The van der Waals surface area contributed by atoms with Gasteiger partial charge >= 0.3 is 0 Å². The van der Waals surface area contributed by atoms with Crippen molar-refractivity contribution >= 4 is 12.4 Å². The van der Waals surface area contributed by atoms with Gasteiger partial charge in [-0.2, -0.15) is 0 Å². The summed E-state index contributed by atoms with van der Waals surface area (Å²) >= 11 is 0. The number of rotatable bonds is 1. The van der Waals surface area contributed by atoms with Crippen LogP contribution in [0.2, 0.25) is 0 Å². The number of hydrogen-bond donors (Lipinski definition) is 2. The van der Waals surface area contributed by atoms with E-state index in [4.69, 9.17) is 5.84 Å². The number of nitrogens with two attached hydrogens (primary N) is 1. The van der Waals surface area contributed by atoms with Crippen molar-refractivity contribution in [3.63, 3.8) is 0 Å². The van der Waals surface area contributed by atoms with Gasteiger partial charge in [0.15, 0.2) is 0 Å². The van der Waals surface area contributed by atoms with Crippen LogP contribution in [0.5, 0.6) is 0 Å². The maximum atomic E-state index is 5.34. The van der Waals surface area contributed by atoms with Gasteiger partial charge in [0.2, 0.25) is 0 Å². The van der Waals surface area contributed by atoms with Crippen LogP contribution in [0.1, 0.15) is 32.6 Å². The first-order valence-corrected chi connectivity index (χ1v) is 3.80. The van der Waals surface area contributed by atoms with Crippen LogP contribution in [0.3, 0.4) is 0 Å². The average molecular weight is 165 g/mol. The molecule has 2 nitrogen and oxygen atoms in total. The summed E-state index contributed by atoms with van der Waals surface area (Å²) in [6.45, 7) is 2.27. The largest absolute Gasteiger partial charge is 0.271 e. The highest BCUT2D eigenvalue weighted by Crippen LogP contribution is 2.22. The smallest absolute Gasteiger partial charge is 0.0236 e. The molecule has 0 radical (unpaired) electrons. The lowest BCUT2D eigenvalue weighted by Gasteiger charge is -2.27. The third-order valence-electron chi connectivity index (χ3n) is 2.33. The molecule has 2 atom stereocenters. The molecule has 1 aliphatic rings. The molecule has 0 spiro atoms. The highest BCUT2D eigenvalue weighted by Gasteiger charge is 2.18. The minimum Gasteiger partial charge on any atom is -0.271 e. The third-order valence-corrected chi connectivity index (χ3v) is 2.33. The van der Waals surface area contributed by atoms with Crippen molar-refractivity contribution in [2.45, 2.75) is 38.6 Å². The van der Waals surface area contributed by atoms with E-state index in [2.05, 4.69) is 12.3 Å². The van der Waals surface area contributed by atoms with E-state index >= 15 is 0 Å². The molecular formula is C7H17ClN2. The SMILES string of the molecule is C[C@@H]1CCCC[C@@H]1NN.Cl.